The van der Waals surface area contributed by atoms with Gasteiger partial charge < -0.3 is 24.4 Å². The lowest BCUT2D eigenvalue weighted by Crippen LogP contribution is -2.30. The van der Waals surface area contributed by atoms with Crippen LogP contribution in [0.5, 0.6) is 11.5 Å². The van der Waals surface area contributed by atoms with Crippen LogP contribution in [0, 0.1) is 5.92 Å². The van der Waals surface area contributed by atoms with Gasteiger partial charge in [-0.1, -0.05) is 11.6 Å². The Morgan fingerprint density at radius 3 is 2.62 bits per heavy atom. The molecule has 1 aliphatic rings. The monoisotopic (exact) mass is 356 g/mol. The van der Waals surface area contributed by atoms with E-state index in [1.807, 2.05) is 0 Å². The standard InChI is InChI=1S/C16H21ClN2O5/c1-22-5-4-19-9-10(6-15(19)20)16(21)18-12-8-13(23-2)11(17)7-14(12)24-3/h7-8,10H,4-6,9H2,1-3H3,(H,18,21). The number of nitrogens with one attached hydrogen (secondary N) is 1. The first-order chi connectivity index (χ1) is 11.5. The van der Waals surface area contributed by atoms with Gasteiger partial charge in [0.05, 0.1) is 37.5 Å². The van der Waals surface area contributed by atoms with Crippen molar-refractivity contribution in [2.75, 3.05) is 46.3 Å². The van der Waals surface area contributed by atoms with Gasteiger partial charge in [-0.2, -0.15) is 0 Å². The van der Waals surface area contributed by atoms with Crippen LogP contribution in [0.2, 0.25) is 5.02 Å². The Morgan fingerprint density at radius 2 is 2.00 bits per heavy atom. The van der Waals surface area contributed by atoms with Crippen molar-refractivity contribution in [1.82, 2.24) is 4.90 Å². The van der Waals surface area contributed by atoms with Crippen molar-refractivity contribution in [2.24, 2.45) is 5.92 Å². The summed E-state index contributed by atoms with van der Waals surface area (Å²) in [7, 11) is 4.55. The Labute approximate surface area is 145 Å². The maximum atomic E-state index is 12.5. The second-order valence-electron chi connectivity index (χ2n) is 5.41. The van der Waals surface area contributed by atoms with Gasteiger partial charge in [-0.05, 0) is 0 Å². The summed E-state index contributed by atoms with van der Waals surface area (Å²) in [4.78, 5) is 26.1. The Bertz CT molecular complexity index is 623. The van der Waals surface area contributed by atoms with E-state index < -0.39 is 5.92 Å². The molecule has 2 amide bonds. The first-order valence-corrected chi connectivity index (χ1v) is 7.87. The fourth-order valence-electron chi connectivity index (χ4n) is 2.56. The SMILES string of the molecule is COCCN1CC(C(=O)Nc2cc(OC)c(Cl)cc2OC)CC1=O. The molecule has 0 saturated carbocycles. The minimum Gasteiger partial charge on any atom is -0.495 e. The summed E-state index contributed by atoms with van der Waals surface area (Å²) in [5, 5.41) is 3.17. The number of amides is 2. The van der Waals surface area contributed by atoms with E-state index in [-0.39, 0.29) is 18.2 Å². The molecule has 0 bridgehead atoms. The van der Waals surface area contributed by atoms with Crippen LogP contribution in [-0.2, 0) is 14.3 Å². The van der Waals surface area contributed by atoms with Crippen molar-refractivity contribution < 1.29 is 23.8 Å². The van der Waals surface area contributed by atoms with Gasteiger partial charge >= 0.3 is 0 Å². The summed E-state index contributed by atoms with van der Waals surface area (Å²) < 4.78 is 15.4. The van der Waals surface area contributed by atoms with Crippen molar-refractivity contribution >= 4 is 29.1 Å². The molecule has 1 atom stereocenters. The van der Waals surface area contributed by atoms with Gasteiger partial charge in [0.25, 0.3) is 0 Å². The van der Waals surface area contributed by atoms with Gasteiger partial charge in [-0.15, -0.1) is 0 Å². The Balaban J connectivity index is 2.08. The molecule has 1 fully saturated rings. The van der Waals surface area contributed by atoms with Crippen molar-refractivity contribution in [3.05, 3.63) is 17.2 Å². The zero-order valence-electron chi connectivity index (χ0n) is 13.9. The number of methoxy groups -OCH3 is 3. The molecule has 0 spiro atoms. The van der Waals surface area contributed by atoms with Crippen LogP contribution in [0.25, 0.3) is 0 Å². The molecular weight excluding hydrogens is 336 g/mol. The van der Waals surface area contributed by atoms with Crippen LogP contribution in [0.15, 0.2) is 12.1 Å². The molecule has 1 unspecified atom stereocenters. The third-order valence-corrected chi connectivity index (χ3v) is 4.18. The molecule has 1 heterocycles. The summed E-state index contributed by atoms with van der Waals surface area (Å²) in [5.74, 6) is 0.145. The Morgan fingerprint density at radius 1 is 1.29 bits per heavy atom. The van der Waals surface area contributed by atoms with Crippen LogP contribution < -0.4 is 14.8 Å². The number of benzene rings is 1. The third-order valence-electron chi connectivity index (χ3n) is 3.88. The maximum absolute atomic E-state index is 12.5. The van der Waals surface area contributed by atoms with E-state index in [0.29, 0.717) is 41.9 Å². The average Bonchev–Trinajstić information content (AvgIpc) is 2.95. The smallest absolute Gasteiger partial charge is 0.229 e. The first kappa shape index (κ1) is 18.4. The molecule has 0 aromatic heterocycles. The number of ether oxygens (including phenoxy) is 3. The van der Waals surface area contributed by atoms with E-state index in [1.54, 1.807) is 24.1 Å². The number of hydrogen-bond acceptors (Lipinski definition) is 5. The highest BCUT2D eigenvalue weighted by Gasteiger charge is 2.34. The quantitative estimate of drug-likeness (QED) is 0.806. The van der Waals surface area contributed by atoms with E-state index in [4.69, 9.17) is 25.8 Å². The number of hydrogen-bond donors (Lipinski definition) is 1. The number of carbonyl (C=O) groups is 2. The van der Waals surface area contributed by atoms with Crippen LogP contribution in [0.1, 0.15) is 6.42 Å². The zero-order chi connectivity index (χ0) is 17.7. The molecule has 1 aromatic carbocycles. The van der Waals surface area contributed by atoms with Gasteiger partial charge in [0, 0.05) is 38.8 Å². The van der Waals surface area contributed by atoms with Crippen molar-refractivity contribution in [3.8, 4) is 11.5 Å². The van der Waals surface area contributed by atoms with E-state index in [1.165, 1.54) is 14.2 Å². The lowest BCUT2D eigenvalue weighted by Gasteiger charge is -2.17. The van der Waals surface area contributed by atoms with Gasteiger partial charge in [-0.3, -0.25) is 9.59 Å². The molecule has 132 valence electrons. The highest BCUT2D eigenvalue weighted by Crippen LogP contribution is 2.36. The van der Waals surface area contributed by atoms with Gasteiger partial charge in [0.1, 0.15) is 11.5 Å². The molecular formula is C16H21ClN2O5. The summed E-state index contributed by atoms with van der Waals surface area (Å²) >= 11 is 6.05. The number of nitrogens with zero attached hydrogens (tertiary/aromatic N) is 1. The number of likely N-dealkylation sites (tertiary alicyclic amines) is 1. The molecule has 1 aromatic rings. The molecule has 7 nitrogen and oxygen atoms in total. The van der Waals surface area contributed by atoms with Crippen molar-refractivity contribution in [3.63, 3.8) is 0 Å². The van der Waals surface area contributed by atoms with Crippen LogP contribution in [-0.4, -0.2) is 57.7 Å². The fraction of sp³-hybridized carbons (Fsp3) is 0.500. The predicted octanol–water partition coefficient (Wildman–Crippen LogP) is 1.79. The predicted molar refractivity (Wildman–Crippen MR) is 89.7 cm³/mol. The number of anilines is 1. The van der Waals surface area contributed by atoms with Crippen LogP contribution in [0.3, 0.4) is 0 Å². The molecule has 2 rings (SSSR count). The average molecular weight is 357 g/mol. The number of halogens is 1. The maximum Gasteiger partial charge on any atom is 0.229 e. The number of rotatable bonds is 7. The molecule has 1 N–H and O–H groups in total. The van der Waals surface area contributed by atoms with Crippen molar-refractivity contribution in [2.45, 2.75) is 6.42 Å². The minimum atomic E-state index is -0.416. The van der Waals surface area contributed by atoms with Crippen LogP contribution >= 0.6 is 11.6 Å². The molecule has 8 heteroatoms. The number of carbonyl (C=O) groups excluding carboxylic acids is 2. The Kier molecular flexibility index (Phi) is 6.28. The van der Waals surface area contributed by atoms with E-state index in [2.05, 4.69) is 5.32 Å². The largest absolute Gasteiger partial charge is 0.495 e. The van der Waals surface area contributed by atoms with Crippen molar-refractivity contribution in [1.29, 1.82) is 0 Å². The summed E-state index contributed by atoms with van der Waals surface area (Å²) in [5.41, 5.74) is 0.451. The molecule has 1 aliphatic heterocycles. The zero-order valence-corrected chi connectivity index (χ0v) is 14.7. The first-order valence-electron chi connectivity index (χ1n) is 7.49. The lowest BCUT2D eigenvalue weighted by molar-refractivity contribution is -0.128. The van der Waals surface area contributed by atoms with E-state index in [9.17, 15) is 9.59 Å². The summed E-state index contributed by atoms with van der Waals surface area (Å²) in [6.45, 7) is 1.31. The summed E-state index contributed by atoms with van der Waals surface area (Å²) in [6, 6.07) is 3.17. The normalized spacial score (nSPS) is 17.1. The molecule has 24 heavy (non-hydrogen) atoms. The highest BCUT2D eigenvalue weighted by atomic mass is 35.5. The summed E-state index contributed by atoms with van der Waals surface area (Å²) in [6.07, 6.45) is 0.183. The molecule has 0 radical (unpaired) electrons. The van der Waals surface area contributed by atoms with Gasteiger partial charge in [0.2, 0.25) is 11.8 Å². The third kappa shape index (κ3) is 4.10. The minimum absolute atomic E-state index is 0.0483. The van der Waals surface area contributed by atoms with E-state index >= 15 is 0 Å². The topological polar surface area (TPSA) is 77.1 Å². The second kappa shape index (κ2) is 8.21. The highest BCUT2D eigenvalue weighted by molar-refractivity contribution is 6.32. The second-order valence-corrected chi connectivity index (χ2v) is 5.82. The van der Waals surface area contributed by atoms with E-state index in [0.717, 1.165) is 0 Å². The van der Waals surface area contributed by atoms with Gasteiger partial charge in [0.15, 0.2) is 0 Å². The molecule has 0 aliphatic carbocycles. The van der Waals surface area contributed by atoms with Crippen LogP contribution in [0.4, 0.5) is 5.69 Å². The molecule has 1 saturated heterocycles. The lowest BCUT2D eigenvalue weighted by atomic mass is 10.1. The van der Waals surface area contributed by atoms with Gasteiger partial charge in [-0.25, -0.2) is 0 Å². The Hall–Kier alpha value is -1.99. The fourth-order valence-corrected chi connectivity index (χ4v) is 2.79.